The molecule has 178 valence electrons. The Morgan fingerprint density at radius 2 is 1.78 bits per heavy atom. The van der Waals surface area contributed by atoms with E-state index in [1.807, 2.05) is 0 Å². The van der Waals surface area contributed by atoms with Crippen LogP contribution in [0.3, 0.4) is 0 Å². The van der Waals surface area contributed by atoms with Crippen molar-refractivity contribution in [1.82, 2.24) is 9.55 Å². The number of nitrogens with two attached hydrogens (primary N) is 1. The summed E-state index contributed by atoms with van der Waals surface area (Å²) in [5.74, 6) is -0.905. The molecule has 0 amide bonds. The van der Waals surface area contributed by atoms with Gasteiger partial charge in [0, 0.05) is 25.4 Å². The predicted octanol–water partition coefficient (Wildman–Crippen LogP) is 2.14. The van der Waals surface area contributed by atoms with Gasteiger partial charge in [0.2, 0.25) is 0 Å². The van der Waals surface area contributed by atoms with Gasteiger partial charge in [-0.3, -0.25) is 27.7 Å². The molecule has 1 aliphatic rings. The zero-order chi connectivity index (χ0) is 23.7. The Morgan fingerprint density at radius 3 is 2.34 bits per heavy atom. The molecule has 11 nitrogen and oxygen atoms in total. The number of ether oxygens (including phenoxy) is 1. The van der Waals surface area contributed by atoms with Crippen LogP contribution in [0.2, 0.25) is 0 Å². The molecular formula is C17H23FN3O8PS2. The van der Waals surface area contributed by atoms with Gasteiger partial charge in [-0.25, -0.2) is 13.8 Å². The van der Waals surface area contributed by atoms with Crippen molar-refractivity contribution in [3.05, 3.63) is 34.7 Å². The monoisotopic (exact) mass is 511 g/mol. The third-order valence-electron chi connectivity index (χ3n) is 3.69. The van der Waals surface area contributed by atoms with E-state index in [1.165, 1.54) is 26.0 Å². The van der Waals surface area contributed by atoms with Crippen LogP contribution in [0.25, 0.3) is 0 Å². The lowest BCUT2D eigenvalue weighted by molar-refractivity contribution is -0.109. The second kappa shape index (κ2) is 12.6. The quantitative estimate of drug-likeness (QED) is 0.249. The summed E-state index contributed by atoms with van der Waals surface area (Å²) in [5, 5.41) is -0.245. The first-order valence-electron chi connectivity index (χ1n) is 9.28. The van der Waals surface area contributed by atoms with Crippen LogP contribution in [-0.2, 0) is 32.5 Å². The van der Waals surface area contributed by atoms with Gasteiger partial charge in [-0.05, 0) is 6.08 Å². The first kappa shape index (κ1) is 26.7. The molecule has 0 saturated carbocycles. The second-order valence-corrected chi connectivity index (χ2v) is 10.4. The van der Waals surface area contributed by atoms with E-state index in [1.54, 1.807) is 0 Å². The van der Waals surface area contributed by atoms with Crippen LogP contribution in [0.4, 0.5) is 10.2 Å². The van der Waals surface area contributed by atoms with E-state index in [-0.39, 0.29) is 41.6 Å². The first-order chi connectivity index (χ1) is 15.1. The van der Waals surface area contributed by atoms with Crippen LogP contribution in [0.1, 0.15) is 20.1 Å². The maximum absolute atomic E-state index is 13.6. The number of hydrogen-bond donors (Lipinski definition) is 1. The summed E-state index contributed by atoms with van der Waals surface area (Å²) < 4.78 is 48.8. The summed E-state index contributed by atoms with van der Waals surface area (Å²) in [6.07, 6.45) is 2.18. The summed E-state index contributed by atoms with van der Waals surface area (Å²) >= 11 is 1.98. The zero-order valence-corrected chi connectivity index (χ0v) is 19.8. The van der Waals surface area contributed by atoms with Gasteiger partial charge < -0.3 is 10.5 Å². The standard InChI is InChI=1S/C17H23FN3O8PS2/c1-11(22)31-7-5-26-30(25,27-6-8-32-12(2)23)28-10-13-3-4-15(29-13)21-9-14(18)16(19)20-17(21)24/h3-4,9,13,15H,5-8,10H2,1-2H3,(H2,19,20,24)/t13-,15+/m1/s1. The first-order valence-corrected chi connectivity index (χ1v) is 12.7. The Balaban J connectivity index is 1.93. The number of carbonyl (C=O) groups excluding carboxylic acids is 2. The number of phosphoric acid groups is 1. The number of anilines is 1. The van der Waals surface area contributed by atoms with E-state index >= 15 is 0 Å². The Labute approximate surface area is 191 Å². The molecule has 15 heteroatoms. The number of thioether (sulfide) groups is 2. The summed E-state index contributed by atoms with van der Waals surface area (Å²) in [6.45, 7) is 2.38. The highest BCUT2D eigenvalue weighted by molar-refractivity contribution is 8.13. The van der Waals surface area contributed by atoms with Gasteiger partial charge in [-0.15, -0.1) is 0 Å². The molecule has 2 heterocycles. The van der Waals surface area contributed by atoms with Crippen LogP contribution in [0.5, 0.6) is 0 Å². The third kappa shape index (κ3) is 8.77. The maximum atomic E-state index is 13.6. The van der Waals surface area contributed by atoms with Gasteiger partial charge in [0.05, 0.1) is 26.0 Å². The van der Waals surface area contributed by atoms with Crippen molar-refractivity contribution >= 4 is 47.4 Å². The highest BCUT2D eigenvalue weighted by atomic mass is 32.2. The van der Waals surface area contributed by atoms with Crippen molar-refractivity contribution in [3.63, 3.8) is 0 Å². The molecule has 0 aromatic carbocycles. The van der Waals surface area contributed by atoms with E-state index in [2.05, 4.69) is 4.98 Å². The lowest BCUT2D eigenvalue weighted by atomic mass is 10.4. The maximum Gasteiger partial charge on any atom is 0.474 e. The van der Waals surface area contributed by atoms with Crippen LogP contribution in [-0.4, -0.2) is 57.2 Å². The Morgan fingerprint density at radius 1 is 1.19 bits per heavy atom. The lowest BCUT2D eigenvalue weighted by Gasteiger charge is -2.20. The average molecular weight is 511 g/mol. The number of nitrogen functional groups attached to an aromatic ring is 1. The van der Waals surface area contributed by atoms with E-state index in [9.17, 15) is 23.3 Å². The van der Waals surface area contributed by atoms with Crippen molar-refractivity contribution in [2.24, 2.45) is 0 Å². The van der Waals surface area contributed by atoms with E-state index < -0.39 is 37.5 Å². The fraction of sp³-hybridized carbons (Fsp3) is 0.529. The molecule has 0 bridgehead atoms. The lowest BCUT2D eigenvalue weighted by Crippen LogP contribution is -2.29. The number of carbonyl (C=O) groups is 2. The molecular weight excluding hydrogens is 488 g/mol. The molecule has 0 radical (unpaired) electrons. The highest BCUT2D eigenvalue weighted by Crippen LogP contribution is 2.50. The highest BCUT2D eigenvalue weighted by Gasteiger charge is 2.30. The van der Waals surface area contributed by atoms with Crippen molar-refractivity contribution in [1.29, 1.82) is 0 Å². The van der Waals surface area contributed by atoms with Gasteiger partial charge in [0.25, 0.3) is 0 Å². The SMILES string of the molecule is CC(=O)SCCOP(=O)(OCCSC(C)=O)OC[C@H]1C=C[C@@H](n2cc(F)c(N)nc2=O)O1. The molecule has 1 aromatic rings. The zero-order valence-electron chi connectivity index (χ0n) is 17.3. The van der Waals surface area contributed by atoms with Gasteiger partial charge in [-0.1, -0.05) is 29.6 Å². The molecule has 2 N–H and O–H groups in total. The summed E-state index contributed by atoms with van der Waals surface area (Å²) in [6, 6.07) is 0. The van der Waals surface area contributed by atoms with E-state index in [0.29, 0.717) is 0 Å². The minimum absolute atomic E-state index is 0.0723. The molecule has 0 saturated heterocycles. The number of phosphoric ester groups is 1. The van der Waals surface area contributed by atoms with Crippen molar-refractivity contribution in [2.45, 2.75) is 26.2 Å². The van der Waals surface area contributed by atoms with E-state index in [0.717, 1.165) is 34.3 Å². The normalized spacial score (nSPS) is 18.2. The van der Waals surface area contributed by atoms with Gasteiger partial charge in [-0.2, -0.15) is 4.98 Å². The molecule has 0 fully saturated rings. The van der Waals surface area contributed by atoms with Crippen molar-refractivity contribution in [2.75, 3.05) is 37.1 Å². The number of hydrogen-bond acceptors (Lipinski definition) is 12. The number of aromatic nitrogens is 2. The minimum atomic E-state index is -4.03. The second-order valence-electron chi connectivity index (χ2n) is 6.20. The van der Waals surface area contributed by atoms with Gasteiger partial charge in [0.1, 0.15) is 6.10 Å². The van der Waals surface area contributed by atoms with Gasteiger partial charge >= 0.3 is 13.5 Å². The third-order valence-corrected chi connectivity index (χ3v) is 6.70. The molecule has 1 aromatic heterocycles. The predicted molar refractivity (Wildman–Crippen MR) is 118 cm³/mol. The minimum Gasteiger partial charge on any atom is -0.381 e. The molecule has 2 rings (SSSR count). The molecule has 32 heavy (non-hydrogen) atoms. The van der Waals surface area contributed by atoms with E-state index in [4.69, 9.17) is 24.0 Å². The van der Waals surface area contributed by atoms with Crippen molar-refractivity contribution in [3.8, 4) is 0 Å². The van der Waals surface area contributed by atoms with Crippen LogP contribution >= 0.6 is 31.3 Å². The molecule has 0 aliphatic carbocycles. The van der Waals surface area contributed by atoms with Crippen LogP contribution in [0, 0.1) is 5.82 Å². The summed E-state index contributed by atoms with van der Waals surface area (Å²) in [4.78, 5) is 37.3. The largest absolute Gasteiger partial charge is 0.474 e. The fourth-order valence-corrected chi connectivity index (χ4v) is 4.67. The Kier molecular flexibility index (Phi) is 10.5. The van der Waals surface area contributed by atoms with Gasteiger partial charge in [0.15, 0.2) is 28.1 Å². The Bertz CT molecular complexity index is 934. The van der Waals surface area contributed by atoms with Crippen LogP contribution < -0.4 is 11.4 Å². The summed E-state index contributed by atoms with van der Waals surface area (Å²) in [5.41, 5.74) is 4.46. The number of nitrogens with zero attached hydrogens (tertiary/aromatic N) is 2. The molecule has 2 atom stereocenters. The average Bonchev–Trinajstić information content (AvgIpc) is 3.19. The molecule has 0 spiro atoms. The van der Waals surface area contributed by atoms with Crippen LogP contribution in [0.15, 0.2) is 23.1 Å². The molecule has 0 unspecified atom stereocenters. The topological polar surface area (TPSA) is 149 Å². The fourth-order valence-electron chi connectivity index (χ4n) is 2.33. The Hall–Kier alpha value is -1.54. The number of halogens is 1. The molecule has 1 aliphatic heterocycles. The van der Waals surface area contributed by atoms with Crippen molar-refractivity contribution < 1.29 is 36.9 Å². The smallest absolute Gasteiger partial charge is 0.381 e. The summed E-state index contributed by atoms with van der Waals surface area (Å²) in [7, 11) is -4.03. The number of rotatable bonds is 12.